The molecule has 0 aromatic heterocycles. The van der Waals surface area contributed by atoms with Crippen molar-refractivity contribution in [3.8, 4) is 5.75 Å². The van der Waals surface area contributed by atoms with Crippen LogP contribution in [0.2, 0.25) is 0 Å². The van der Waals surface area contributed by atoms with Crippen LogP contribution in [-0.2, 0) is 4.79 Å². The van der Waals surface area contributed by atoms with Gasteiger partial charge in [0.15, 0.2) is 0 Å². The van der Waals surface area contributed by atoms with Gasteiger partial charge in [0.1, 0.15) is 5.75 Å². The van der Waals surface area contributed by atoms with E-state index in [4.69, 9.17) is 5.11 Å². The number of phenols is 1. The van der Waals surface area contributed by atoms with Crippen LogP contribution >= 0.6 is 0 Å². The van der Waals surface area contributed by atoms with E-state index in [-0.39, 0.29) is 17.2 Å². The highest BCUT2D eigenvalue weighted by molar-refractivity contribution is 6.10. The Morgan fingerprint density at radius 2 is 1.74 bits per heavy atom. The molecular weight excluding hydrogens is 296 g/mol. The number of amides is 1. The van der Waals surface area contributed by atoms with Crippen molar-refractivity contribution in [2.24, 2.45) is 0 Å². The minimum atomic E-state index is -1.01. The lowest BCUT2D eigenvalue weighted by Crippen LogP contribution is -2.34. The van der Waals surface area contributed by atoms with E-state index >= 15 is 0 Å². The van der Waals surface area contributed by atoms with E-state index in [9.17, 15) is 14.7 Å². The van der Waals surface area contributed by atoms with Gasteiger partial charge in [0.2, 0.25) is 0 Å². The summed E-state index contributed by atoms with van der Waals surface area (Å²) < 4.78 is 0. The zero-order valence-electron chi connectivity index (χ0n) is 12.1. The molecule has 1 amide bonds. The number of hydrogen-bond acceptors (Lipinski definition) is 4. The van der Waals surface area contributed by atoms with Crippen molar-refractivity contribution < 1.29 is 19.8 Å². The van der Waals surface area contributed by atoms with E-state index in [1.165, 1.54) is 17.1 Å². The van der Waals surface area contributed by atoms with Gasteiger partial charge in [0, 0.05) is 12.1 Å². The molecule has 0 unspecified atom stereocenters. The minimum Gasteiger partial charge on any atom is -0.508 e. The number of nitrogens with zero attached hydrogens (tertiary/aromatic N) is 1. The summed E-state index contributed by atoms with van der Waals surface area (Å²) in [5.41, 5.74) is 5.11. The maximum atomic E-state index is 12.4. The summed E-state index contributed by atoms with van der Waals surface area (Å²) in [6.07, 6.45) is 1.75. The predicted octanol–water partition coefficient (Wildman–Crippen LogP) is 2.03. The van der Waals surface area contributed by atoms with E-state index in [1.807, 2.05) is 0 Å². The van der Waals surface area contributed by atoms with Gasteiger partial charge < -0.3 is 10.2 Å². The van der Waals surface area contributed by atoms with Gasteiger partial charge in [-0.2, -0.15) is 0 Å². The van der Waals surface area contributed by atoms with Crippen LogP contribution < -0.4 is 10.4 Å². The van der Waals surface area contributed by atoms with Crippen LogP contribution in [0.15, 0.2) is 54.1 Å². The molecule has 0 bridgehead atoms. The molecule has 2 aromatic carbocycles. The number of hydrogen-bond donors (Lipinski definition) is 3. The number of anilines is 1. The normalized spacial score (nSPS) is 16.1. The van der Waals surface area contributed by atoms with Crippen LogP contribution in [0.1, 0.15) is 15.9 Å². The lowest BCUT2D eigenvalue weighted by atomic mass is 10.1. The highest BCUT2D eigenvalue weighted by Gasteiger charge is 2.26. The molecule has 6 nitrogen and oxygen atoms in total. The van der Waals surface area contributed by atoms with Crippen LogP contribution in [0.3, 0.4) is 0 Å². The van der Waals surface area contributed by atoms with Gasteiger partial charge in [-0.3, -0.25) is 4.79 Å². The Bertz CT molecular complexity index is 779. The molecule has 1 heterocycles. The van der Waals surface area contributed by atoms with E-state index < -0.39 is 5.97 Å². The highest BCUT2D eigenvalue weighted by atomic mass is 16.4. The second-order valence-corrected chi connectivity index (χ2v) is 5.09. The van der Waals surface area contributed by atoms with Gasteiger partial charge in [-0.15, -0.1) is 0 Å². The first-order valence-corrected chi connectivity index (χ1v) is 6.95. The highest BCUT2D eigenvalue weighted by Crippen LogP contribution is 2.21. The number of rotatable bonds is 3. The zero-order chi connectivity index (χ0) is 16.4. The maximum Gasteiger partial charge on any atom is 0.335 e. The fraction of sp³-hybridized carbons (Fsp3) is 0.0588. The molecule has 116 valence electrons. The molecule has 1 fully saturated rings. The molecular formula is C17H14N2O4. The predicted molar refractivity (Wildman–Crippen MR) is 85.0 cm³/mol. The average Bonchev–Trinajstić information content (AvgIpc) is 2.90. The Morgan fingerprint density at radius 1 is 1.09 bits per heavy atom. The lowest BCUT2D eigenvalue weighted by molar-refractivity contribution is -0.114. The quantitative estimate of drug-likeness (QED) is 0.755. The lowest BCUT2D eigenvalue weighted by Gasteiger charge is -2.15. The number of aromatic carboxylic acids is 1. The van der Waals surface area contributed by atoms with Crippen LogP contribution in [0.4, 0.5) is 5.69 Å². The third kappa shape index (κ3) is 3.07. The molecule has 0 radical (unpaired) electrons. The summed E-state index contributed by atoms with van der Waals surface area (Å²) in [6, 6.07) is 12.6. The number of carbonyl (C=O) groups excluding carboxylic acids is 1. The van der Waals surface area contributed by atoms with Crippen molar-refractivity contribution in [2.75, 3.05) is 11.6 Å². The van der Waals surface area contributed by atoms with Crippen molar-refractivity contribution in [3.63, 3.8) is 0 Å². The number of carboxylic acid groups (broad SMARTS) is 1. The third-order valence-electron chi connectivity index (χ3n) is 3.51. The largest absolute Gasteiger partial charge is 0.508 e. The first kappa shape index (κ1) is 14.8. The maximum absolute atomic E-state index is 12.4. The van der Waals surface area contributed by atoms with Crippen LogP contribution in [-0.4, -0.2) is 28.6 Å². The van der Waals surface area contributed by atoms with Crippen molar-refractivity contribution in [1.82, 2.24) is 5.43 Å². The van der Waals surface area contributed by atoms with E-state index in [0.717, 1.165) is 5.56 Å². The van der Waals surface area contributed by atoms with Crippen LogP contribution in [0.5, 0.6) is 5.75 Å². The smallest absolute Gasteiger partial charge is 0.335 e. The van der Waals surface area contributed by atoms with Gasteiger partial charge in [0.05, 0.1) is 11.3 Å². The average molecular weight is 310 g/mol. The van der Waals surface area contributed by atoms with Gasteiger partial charge in [0.25, 0.3) is 5.91 Å². The van der Waals surface area contributed by atoms with E-state index in [2.05, 4.69) is 5.43 Å². The van der Waals surface area contributed by atoms with Crippen molar-refractivity contribution in [3.05, 3.63) is 65.2 Å². The molecule has 1 aliphatic heterocycles. The topological polar surface area (TPSA) is 89.9 Å². The summed E-state index contributed by atoms with van der Waals surface area (Å²) in [5, 5.41) is 19.6. The number of carboxylic acids is 1. The van der Waals surface area contributed by atoms with Gasteiger partial charge in [-0.1, -0.05) is 12.1 Å². The summed E-state index contributed by atoms with van der Waals surface area (Å²) in [5.74, 6) is -1.03. The molecule has 0 spiro atoms. The first-order valence-electron chi connectivity index (χ1n) is 6.95. The standard InChI is InChI=1S/C17H14N2O4/c20-15-7-1-11(2-8-15)9-13-10-18-19(16(13)21)14-5-3-12(4-6-14)17(22)23/h1-9,18,20H,10H2,(H,22,23)/b13-9-. The molecule has 6 heteroatoms. The number of benzene rings is 2. The van der Waals surface area contributed by atoms with E-state index in [1.54, 1.807) is 42.5 Å². The molecule has 23 heavy (non-hydrogen) atoms. The van der Waals surface area contributed by atoms with Crippen molar-refractivity contribution in [1.29, 1.82) is 0 Å². The summed E-state index contributed by atoms with van der Waals surface area (Å²) >= 11 is 0. The number of phenolic OH excluding ortho intramolecular Hbond substituents is 1. The Labute approximate surface area is 132 Å². The SMILES string of the molecule is O=C(O)c1ccc(N2NC/C(=C/c3ccc(O)cc3)C2=O)cc1. The summed E-state index contributed by atoms with van der Waals surface area (Å²) in [6.45, 7) is 0.375. The van der Waals surface area contributed by atoms with E-state index in [0.29, 0.717) is 17.8 Å². The Kier molecular flexibility index (Phi) is 3.82. The number of nitrogens with one attached hydrogen (secondary N) is 1. The Balaban J connectivity index is 1.81. The van der Waals surface area contributed by atoms with Gasteiger partial charge in [-0.05, 0) is 48.0 Å². The molecule has 1 aliphatic rings. The Morgan fingerprint density at radius 3 is 2.35 bits per heavy atom. The van der Waals surface area contributed by atoms with Crippen molar-refractivity contribution >= 4 is 23.6 Å². The second-order valence-electron chi connectivity index (χ2n) is 5.09. The van der Waals surface area contributed by atoms with Crippen molar-refractivity contribution in [2.45, 2.75) is 0 Å². The number of aromatic hydroxyl groups is 1. The van der Waals surface area contributed by atoms with Gasteiger partial charge >= 0.3 is 5.97 Å². The first-order chi connectivity index (χ1) is 11.0. The molecule has 3 N–H and O–H groups in total. The molecule has 3 rings (SSSR count). The van der Waals surface area contributed by atoms with Gasteiger partial charge in [-0.25, -0.2) is 15.2 Å². The second kappa shape index (κ2) is 5.94. The zero-order valence-corrected chi connectivity index (χ0v) is 12.1. The third-order valence-corrected chi connectivity index (χ3v) is 3.51. The molecule has 0 atom stereocenters. The minimum absolute atomic E-state index is 0.167. The molecule has 0 aliphatic carbocycles. The van der Waals surface area contributed by atoms with Crippen LogP contribution in [0.25, 0.3) is 6.08 Å². The fourth-order valence-corrected chi connectivity index (χ4v) is 2.30. The summed E-state index contributed by atoms with van der Waals surface area (Å²) in [7, 11) is 0. The monoisotopic (exact) mass is 310 g/mol. The number of carbonyl (C=O) groups is 2. The Hall–Kier alpha value is -3.12. The molecule has 1 saturated heterocycles. The summed E-state index contributed by atoms with van der Waals surface area (Å²) in [4.78, 5) is 23.3. The fourth-order valence-electron chi connectivity index (χ4n) is 2.30. The molecule has 0 saturated carbocycles. The molecule has 2 aromatic rings. The number of hydrazine groups is 1. The van der Waals surface area contributed by atoms with Crippen LogP contribution in [0, 0.1) is 0 Å².